The van der Waals surface area contributed by atoms with Crippen molar-refractivity contribution in [2.75, 3.05) is 6.26 Å². The number of hydrogen-bond donors (Lipinski definition) is 0. The van der Waals surface area contributed by atoms with Crippen LogP contribution in [0.5, 0.6) is 0 Å². The van der Waals surface area contributed by atoms with Crippen molar-refractivity contribution in [2.45, 2.75) is 11.5 Å². The summed E-state index contributed by atoms with van der Waals surface area (Å²) in [7, 11) is -3.62. The first-order chi connectivity index (χ1) is 13.6. The minimum Gasteiger partial charge on any atom is -0.452 e. The average Bonchev–Trinajstić information content (AvgIpc) is 3.14. The summed E-state index contributed by atoms with van der Waals surface area (Å²) < 4.78 is 33.4. The molecule has 12 heteroatoms. The summed E-state index contributed by atoms with van der Waals surface area (Å²) in [5.41, 5.74) is 0.389. The van der Waals surface area contributed by atoms with E-state index in [2.05, 4.69) is 10.1 Å². The molecule has 0 spiro atoms. The Balaban J connectivity index is 1.70. The van der Waals surface area contributed by atoms with Gasteiger partial charge in [-0.15, -0.1) is 0 Å². The molecule has 0 N–H and O–H groups in total. The molecule has 29 heavy (non-hydrogen) atoms. The van der Waals surface area contributed by atoms with E-state index < -0.39 is 20.7 Å². The topological polar surface area (TPSA) is 142 Å². The fourth-order valence-corrected chi connectivity index (χ4v) is 3.59. The highest BCUT2D eigenvalue weighted by atomic mass is 35.5. The number of ether oxygens (including phenoxy) is 1. The van der Waals surface area contributed by atoms with Gasteiger partial charge in [-0.25, -0.2) is 13.2 Å². The molecular formula is C17H12ClN3O7S. The van der Waals surface area contributed by atoms with E-state index in [9.17, 15) is 23.3 Å². The predicted octanol–water partition coefficient (Wildman–Crippen LogP) is 3.06. The Morgan fingerprint density at radius 2 is 1.93 bits per heavy atom. The largest absolute Gasteiger partial charge is 0.452 e. The number of hydrogen-bond acceptors (Lipinski definition) is 9. The third kappa shape index (κ3) is 4.76. The van der Waals surface area contributed by atoms with Crippen LogP contribution in [0.4, 0.5) is 5.69 Å². The van der Waals surface area contributed by atoms with Crippen molar-refractivity contribution >= 4 is 33.1 Å². The minimum absolute atomic E-state index is 0.00584. The van der Waals surface area contributed by atoms with Gasteiger partial charge < -0.3 is 9.26 Å². The first kappa shape index (κ1) is 20.4. The molecule has 1 heterocycles. The quantitative estimate of drug-likeness (QED) is 0.323. The number of esters is 1. The molecule has 0 saturated heterocycles. The minimum atomic E-state index is -3.62. The number of halogens is 1. The monoisotopic (exact) mass is 437 g/mol. The second-order valence-corrected chi connectivity index (χ2v) is 8.20. The molecule has 10 nitrogen and oxygen atoms in total. The molecule has 0 aliphatic heterocycles. The van der Waals surface area contributed by atoms with Gasteiger partial charge in [0.05, 0.1) is 20.4 Å². The third-order valence-electron chi connectivity index (χ3n) is 3.70. The van der Waals surface area contributed by atoms with E-state index in [1.54, 1.807) is 0 Å². The summed E-state index contributed by atoms with van der Waals surface area (Å²) >= 11 is 5.84. The van der Waals surface area contributed by atoms with E-state index in [0.29, 0.717) is 5.56 Å². The van der Waals surface area contributed by atoms with Crippen LogP contribution < -0.4 is 0 Å². The molecule has 0 bridgehead atoms. The molecule has 2 aromatic carbocycles. The number of carbonyl (C=O) groups excluding carboxylic acids is 1. The summed E-state index contributed by atoms with van der Waals surface area (Å²) in [5, 5.41) is 14.4. The number of nitro groups is 1. The van der Waals surface area contributed by atoms with Crippen LogP contribution in [-0.2, 0) is 21.2 Å². The normalized spacial score (nSPS) is 11.2. The van der Waals surface area contributed by atoms with Crippen molar-refractivity contribution in [3.8, 4) is 11.4 Å². The zero-order valence-corrected chi connectivity index (χ0v) is 16.3. The summed E-state index contributed by atoms with van der Waals surface area (Å²) in [4.78, 5) is 26.2. The van der Waals surface area contributed by atoms with Crippen molar-refractivity contribution in [1.29, 1.82) is 0 Å². The van der Waals surface area contributed by atoms with Crippen LogP contribution in [0.15, 0.2) is 51.9 Å². The van der Waals surface area contributed by atoms with Gasteiger partial charge in [-0.3, -0.25) is 10.1 Å². The highest BCUT2D eigenvalue weighted by Gasteiger charge is 2.18. The molecule has 0 saturated carbocycles. The molecule has 0 unspecified atom stereocenters. The van der Waals surface area contributed by atoms with Gasteiger partial charge in [0.15, 0.2) is 16.4 Å². The molecule has 0 radical (unpaired) electrons. The zero-order valence-electron chi connectivity index (χ0n) is 14.7. The Kier molecular flexibility index (Phi) is 5.62. The summed E-state index contributed by atoms with van der Waals surface area (Å²) in [5.74, 6) is -0.651. The van der Waals surface area contributed by atoms with Crippen molar-refractivity contribution in [2.24, 2.45) is 0 Å². The van der Waals surface area contributed by atoms with Gasteiger partial charge in [0, 0.05) is 24.0 Å². The van der Waals surface area contributed by atoms with E-state index in [4.69, 9.17) is 20.9 Å². The van der Waals surface area contributed by atoms with Crippen LogP contribution in [0.1, 0.15) is 16.2 Å². The number of non-ortho nitro benzene ring substituents is 1. The van der Waals surface area contributed by atoms with Gasteiger partial charge in [-0.2, -0.15) is 4.98 Å². The number of nitro benzene ring substituents is 1. The second-order valence-electron chi connectivity index (χ2n) is 5.81. The molecule has 0 atom stereocenters. The van der Waals surface area contributed by atoms with E-state index >= 15 is 0 Å². The SMILES string of the molecule is CS(=O)(=O)c1cc(C(=O)OCc2nc(-c3ccc([N+](=O)[O-])cc3)no2)ccc1Cl. The van der Waals surface area contributed by atoms with E-state index in [0.717, 1.165) is 12.3 Å². The van der Waals surface area contributed by atoms with Crippen LogP contribution >= 0.6 is 11.6 Å². The van der Waals surface area contributed by atoms with Gasteiger partial charge in [0.2, 0.25) is 5.82 Å². The lowest BCUT2D eigenvalue weighted by Crippen LogP contribution is -2.07. The zero-order chi connectivity index (χ0) is 21.2. The highest BCUT2D eigenvalue weighted by Crippen LogP contribution is 2.23. The summed E-state index contributed by atoms with van der Waals surface area (Å²) in [6, 6.07) is 9.24. The fourth-order valence-electron chi connectivity index (χ4n) is 2.29. The van der Waals surface area contributed by atoms with Crippen LogP contribution in [0.2, 0.25) is 5.02 Å². The van der Waals surface area contributed by atoms with Gasteiger partial charge in [0.1, 0.15) is 0 Å². The maximum atomic E-state index is 12.2. The standard InChI is InChI=1S/C17H12ClN3O7S/c1-29(25,26)14-8-11(4-7-13(14)18)17(22)27-9-15-19-16(20-28-15)10-2-5-12(6-3-10)21(23)24/h2-8H,9H2,1H3. The van der Waals surface area contributed by atoms with Crippen molar-refractivity contribution in [3.05, 3.63) is 69.1 Å². The average molecular weight is 438 g/mol. The van der Waals surface area contributed by atoms with Crippen LogP contribution in [0, 0.1) is 10.1 Å². The Hall–Kier alpha value is -3.31. The lowest BCUT2D eigenvalue weighted by atomic mass is 10.2. The lowest BCUT2D eigenvalue weighted by Gasteiger charge is -2.06. The number of aromatic nitrogens is 2. The van der Waals surface area contributed by atoms with Crippen molar-refractivity contribution in [3.63, 3.8) is 0 Å². The smallest absolute Gasteiger partial charge is 0.338 e. The van der Waals surface area contributed by atoms with Gasteiger partial charge in [0.25, 0.3) is 11.6 Å². The fraction of sp³-hybridized carbons (Fsp3) is 0.118. The van der Waals surface area contributed by atoms with Crippen LogP contribution in [0.3, 0.4) is 0 Å². The van der Waals surface area contributed by atoms with Crippen molar-refractivity contribution in [1.82, 2.24) is 10.1 Å². The number of benzene rings is 2. The number of nitrogens with zero attached hydrogens (tertiary/aromatic N) is 3. The molecule has 3 aromatic rings. The van der Waals surface area contributed by atoms with Gasteiger partial charge in [-0.05, 0) is 30.3 Å². The third-order valence-corrected chi connectivity index (χ3v) is 5.28. The Bertz CT molecular complexity index is 1190. The van der Waals surface area contributed by atoms with Crippen LogP contribution in [0.25, 0.3) is 11.4 Å². The molecule has 0 aliphatic rings. The van der Waals surface area contributed by atoms with E-state index in [1.165, 1.54) is 36.4 Å². The van der Waals surface area contributed by atoms with Gasteiger partial charge in [-0.1, -0.05) is 16.8 Å². The molecule has 1 aromatic heterocycles. The molecule has 0 fully saturated rings. The maximum Gasteiger partial charge on any atom is 0.338 e. The lowest BCUT2D eigenvalue weighted by molar-refractivity contribution is -0.384. The Morgan fingerprint density at radius 3 is 2.55 bits per heavy atom. The molecular weight excluding hydrogens is 426 g/mol. The Labute approximate surface area is 169 Å². The molecule has 0 amide bonds. The second kappa shape index (κ2) is 7.97. The number of sulfone groups is 1. The van der Waals surface area contributed by atoms with Gasteiger partial charge >= 0.3 is 5.97 Å². The number of carbonyl (C=O) groups is 1. The molecule has 0 aliphatic carbocycles. The number of rotatable bonds is 6. The first-order valence-corrected chi connectivity index (χ1v) is 10.2. The predicted molar refractivity (Wildman–Crippen MR) is 100 cm³/mol. The van der Waals surface area contributed by atoms with E-state index in [1.807, 2.05) is 0 Å². The van der Waals surface area contributed by atoms with Crippen LogP contribution in [-0.4, -0.2) is 35.7 Å². The van der Waals surface area contributed by atoms with E-state index in [-0.39, 0.29) is 39.5 Å². The Morgan fingerprint density at radius 1 is 1.24 bits per heavy atom. The summed E-state index contributed by atoms with van der Waals surface area (Å²) in [6.45, 7) is -0.352. The molecule has 3 rings (SSSR count). The summed E-state index contributed by atoms with van der Waals surface area (Å²) in [6.07, 6.45) is 0.974. The first-order valence-electron chi connectivity index (χ1n) is 7.89. The highest BCUT2D eigenvalue weighted by molar-refractivity contribution is 7.90. The maximum absolute atomic E-state index is 12.2. The molecule has 150 valence electrons. The van der Waals surface area contributed by atoms with Crippen molar-refractivity contribution < 1.29 is 27.4 Å².